The second kappa shape index (κ2) is 4.13. The molecule has 2 heteroatoms. The molecule has 1 heterocycles. The lowest BCUT2D eigenvalue weighted by Crippen LogP contribution is -2.12. The third kappa shape index (κ3) is 1.60. The van der Waals surface area contributed by atoms with E-state index in [0.717, 1.165) is 30.4 Å². The zero-order valence-electron chi connectivity index (χ0n) is 10.8. The van der Waals surface area contributed by atoms with E-state index in [-0.39, 0.29) is 0 Å². The van der Waals surface area contributed by atoms with Crippen molar-refractivity contribution < 1.29 is 4.79 Å². The molecule has 0 aliphatic heterocycles. The zero-order valence-corrected chi connectivity index (χ0v) is 10.8. The number of rotatable bonds is 2. The summed E-state index contributed by atoms with van der Waals surface area (Å²) in [5.41, 5.74) is 6.00. The number of benzene rings is 1. The van der Waals surface area contributed by atoms with Gasteiger partial charge in [0.15, 0.2) is 6.29 Å². The highest BCUT2D eigenvalue weighted by molar-refractivity contribution is 5.77. The van der Waals surface area contributed by atoms with Crippen LogP contribution in [0.2, 0.25) is 0 Å². The number of hydrogen-bond acceptors (Lipinski definition) is 1. The van der Waals surface area contributed by atoms with Crippen LogP contribution in [0.5, 0.6) is 0 Å². The van der Waals surface area contributed by atoms with Crippen molar-refractivity contribution in [2.24, 2.45) is 0 Å². The second-order valence-corrected chi connectivity index (χ2v) is 5.15. The average molecular weight is 239 g/mol. The van der Waals surface area contributed by atoms with Gasteiger partial charge in [-0.25, -0.2) is 0 Å². The average Bonchev–Trinajstić information content (AvgIpc) is 2.89. The van der Waals surface area contributed by atoms with Gasteiger partial charge in [0, 0.05) is 23.0 Å². The van der Waals surface area contributed by atoms with Crippen LogP contribution in [0.25, 0.3) is 0 Å². The van der Waals surface area contributed by atoms with Gasteiger partial charge >= 0.3 is 0 Å². The first-order valence-corrected chi connectivity index (χ1v) is 6.41. The van der Waals surface area contributed by atoms with Crippen LogP contribution in [0.15, 0.2) is 30.3 Å². The van der Waals surface area contributed by atoms with Crippen LogP contribution >= 0.6 is 0 Å². The predicted molar refractivity (Wildman–Crippen MR) is 72.2 cm³/mol. The Balaban J connectivity index is 2.00. The lowest BCUT2D eigenvalue weighted by Gasteiger charge is -2.17. The highest BCUT2D eigenvalue weighted by atomic mass is 16.1. The fourth-order valence-corrected chi connectivity index (χ4v) is 3.20. The molecule has 0 radical (unpaired) electrons. The van der Waals surface area contributed by atoms with Crippen molar-refractivity contribution in [1.29, 1.82) is 0 Å². The van der Waals surface area contributed by atoms with Crippen LogP contribution in [0.4, 0.5) is 0 Å². The van der Waals surface area contributed by atoms with Crippen LogP contribution in [0.1, 0.15) is 38.9 Å². The van der Waals surface area contributed by atoms with Crippen molar-refractivity contribution >= 4 is 6.29 Å². The lowest BCUT2D eigenvalue weighted by molar-refractivity contribution is 0.112. The molecule has 92 valence electrons. The largest absolute Gasteiger partial charge is 0.345 e. The Bertz CT molecular complexity index is 585. The SMILES string of the molecule is Cc1cc(C=O)c(C)n1C1Cc2ccccc2C1. The number of aryl methyl sites for hydroxylation is 1. The van der Waals surface area contributed by atoms with Crippen molar-refractivity contribution in [3.63, 3.8) is 0 Å². The summed E-state index contributed by atoms with van der Waals surface area (Å²) >= 11 is 0. The van der Waals surface area contributed by atoms with Crippen LogP contribution in [-0.4, -0.2) is 10.9 Å². The van der Waals surface area contributed by atoms with Gasteiger partial charge in [0.2, 0.25) is 0 Å². The molecule has 18 heavy (non-hydrogen) atoms. The summed E-state index contributed by atoms with van der Waals surface area (Å²) in [6, 6.07) is 11.1. The van der Waals surface area contributed by atoms with Gasteiger partial charge in [0.1, 0.15) is 0 Å². The summed E-state index contributed by atoms with van der Waals surface area (Å²) < 4.78 is 2.32. The Morgan fingerprint density at radius 1 is 1.17 bits per heavy atom. The summed E-state index contributed by atoms with van der Waals surface area (Å²) in [4.78, 5) is 11.0. The van der Waals surface area contributed by atoms with E-state index in [4.69, 9.17) is 0 Å². The van der Waals surface area contributed by atoms with Gasteiger partial charge in [-0.15, -0.1) is 0 Å². The Morgan fingerprint density at radius 3 is 2.28 bits per heavy atom. The molecule has 0 unspecified atom stereocenters. The molecule has 0 bridgehead atoms. The Morgan fingerprint density at radius 2 is 1.78 bits per heavy atom. The van der Waals surface area contributed by atoms with Gasteiger partial charge in [-0.1, -0.05) is 24.3 Å². The fraction of sp³-hybridized carbons (Fsp3) is 0.312. The fourth-order valence-electron chi connectivity index (χ4n) is 3.20. The number of aldehydes is 1. The molecule has 3 rings (SSSR count). The molecule has 0 fully saturated rings. The Hall–Kier alpha value is -1.83. The van der Waals surface area contributed by atoms with Crippen LogP contribution in [-0.2, 0) is 12.8 Å². The molecule has 0 saturated carbocycles. The maximum Gasteiger partial charge on any atom is 0.151 e. The van der Waals surface area contributed by atoms with E-state index in [1.54, 1.807) is 0 Å². The van der Waals surface area contributed by atoms with E-state index in [1.807, 2.05) is 13.0 Å². The molecule has 0 spiro atoms. The number of hydrogen-bond donors (Lipinski definition) is 0. The maximum atomic E-state index is 11.0. The van der Waals surface area contributed by atoms with Crippen molar-refractivity contribution in [2.75, 3.05) is 0 Å². The number of aromatic nitrogens is 1. The minimum atomic E-state index is 0.469. The van der Waals surface area contributed by atoms with E-state index in [0.29, 0.717) is 6.04 Å². The Kier molecular flexibility index (Phi) is 2.58. The highest BCUT2D eigenvalue weighted by Gasteiger charge is 2.25. The van der Waals surface area contributed by atoms with Crippen molar-refractivity contribution in [3.05, 3.63) is 58.4 Å². The number of nitrogens with zero attached hydrogens (tertiary/aromatic N) is 1. The molecule has 1 aromatic carbocycles. The molecule has 0 N–H and O–H groups in total. The number of fused-ring (bicyclic) bond motifs is 1. The van der Waals surface area contributed by atoms with Gasteiger partial charge in [-0.3, -0.25) is 4.79 Å². The molecule has 0 amide bonds. The van der Waals surface area contributed by atoms with Gasteiger partial charge in [-0.05, 0) is 43.9 Å². The van der Waals surface area contributed by atoms with Crippen LogP contribution < -0.4 is 0 Å². The van der Waals surface area contributed by atoms with E-state index < -0.39 is 0 Å². The van der Waals surface area contributed by atoms with Gasteiger partial charge < -0.3 is 4.57 Å². The summed E-state index contributed by atoms with van der Waals surface area (Å²) in [5, 5.41) is 0. The standard InChI is InChI=1S/C16H17NO/c1-11-7-15(10-18)12(2)17(11)16-8-13-5-3-4-6-14(13)9-16/h3-7,10,16H,8-9H2,1-2H3. The third-order valence-corrected chi connectivity index (χ3v) is 4.05. The second-order valence-electron chi connectivity index (χ2n) is 5.15. The smallest absolute Gasteiger partial charge is 0.151 e. The normalized spacial score (nSPS) is 14.8. The molecular weight excluding hydrogens is 222 g/mol. The van der Waals surface area contributed by atoms with Gasteiger partial charge in [-0.2, -0.15) is 0 Å². The topological polar surface area (TPSA) is 22.0 Å². The number of carbonyl (C=O) groups excluding carboxylic acids is 1. The highest BCUT2D eigenvalue weighted by Crippen LogP contribution is 2.32. The molecule has 2 aromatic rings. The number of carbonyl (C=O) groups is 1. The molecule has 1 aromatic heterocycles. The molecule has 0 atom stereocenters. The minimum Gasteiger partial charge on any atom is -0.345 e. The molecule has 1 aliphatic rings. The monoisotopic (exact) mass is 239 g/mol. The quantitative estimate of drug-likeness (QED) is 0.737. The summed E-state index contributed by atoms with van der Waals surface area (Å²) in [6.45, 7) is 4.13. The van der Waals surface area contributed by atoms with E-state index >= 15 is 0 Å². The van der Waals surface area contributed by atoms with E-state index in [9.17, 15) is 4.79 Å². The van der Waals surface area contributed by atoms with Crippen molar-refractivity contribution in [2.45, 2.75) is 32.7 Å². The summed E-state index contributed by atoms with van der Waals surface area (Å²) in [5.74, 6) is 0. The Labute approximate surface area is 107 Å². The zero-order chi connectivity index (χ0) is 12.7. The first-order valence-electron chi connectivity index (χ1n) is 6.41. The van der Waals surface area contributed by atoms with Gasteiger partial charge in [0.05, 0.1) is 0 Å². The first kappa shape index (κ1) is 11.3. The molecule has 2 nitrogen and oxygen atoms in total. The first-order chi connectivity index (χ1) is 8.70. The van der Waals surface area contributed by atoms with E-state index in [2.05, 4.69) is 35.8 Å². The lowest BCUT2D eigenvalue weighted by atomic mass is 10.1. The summed E-state index contributed by atoms with van der Waals surface area (Å²) in [6.07, 6.45) is 3.11. The van der Waals surface area contributed by atoms with Crippen molar-refractivity contribution in [3.8, 4) is 0 Å². The summed E-state index contributed by atoms with van der Waals surface area (Å²) in [7, 11) is 0. The maximum absolute atomic E-state index is 11.0. The molecule has 0 saturated heterocycles. The molecular formula is C16H17NO. The molecule has 1 aliphatic carbocycles. The predicted octanol–water partition coefficient (Wildman–Crippen LogP) is 3.26. The van der Waals surface area contributed by atoms with Gasteiger partial charge in [0.25, 0.3) is 0 Å². The minimum absolute atomic E-state index is 0.469. The van der Waals surface area contributed by atoms with E-state index in [1.165, 1.54) is 16.8 Å². The van der Waals surface area contributed by atoms with Crippen molar-refractivity contribution in [1.82, 2.24) is 4.57 Å². The third-order valence-electron chi connectivity index (χ3n) is 4.05. The van der Waals surface area contributed by atoms with Crippen LogP contribution in [0, 0.1) is 13.8 Å². The van der Waals surface area contributed by atoms with Crippen LogP contribution in [0.3, 0.4) is 0 Å².